The van der Waals surface area contributed by atoms with Crippen molar-refractivity contribution in [2.75, 3.05) is 27.4 Å². The number of ether oxygens (including phenoxy) is 3. The van der Waals surface area contributed by atoms with Crippen LogP contribution in [0.1, 0.15) is 23.3 Å². The number of aryl methyl sites for hydroxylation is 1. The van der Waals surface area contributed by atoms with E-state index < -0.39 is 0 Å². The average molecular weight is 318 g/mol. The second kappa shape index (κ2) is 6.50. The van der Waals surface area contributed by atoms with Gasteiger partial charge < -0.3 is 24.1 Å². The second-order valence-electron chi connectivity index (χ2n) is 5.71. The lowest BCUT2D eigenvalue weighted by Gasteiger charge is -2.23. The number of amides is 1. The van der Waals surface area contributed by atoms with E-state index in [1.807, 2.05) is 29.8 Å². The zero-order valence-corrected chi connectivity index (χ0v) is 13.7. The van der Waals surface area contributed by atoms with Crippen LogP contribution in [0.2, 0.25) is 0 Å². The van der Waals surface area contributed by atoms with Crippen molar-refractivity contribution in [1.29, 1.82) is 0 Å². The topological polar surface area (TPSA) is 61.7 Å². The predicted molar refractivity (Wildman–Crippen MR) is 87.3 cm³/mol. The molecular formula is C17H22N2O4. The molecule has 1 amide bonds. The molecule has 0 saturated carbocycles. The van der Waals surface area contributed by atoms with Crippen LogP contribution in [0.15, 0.2) is 18.2 Å². The van der Waals surface area contributed by atoms with E-state index >= 15 is 0 Å². The smallest absolute Gasteiger partial charge is 0.268 e. The first-order chi connectivity index (χ1) is 11.2. The number of hydrogen-bond acceptors (Lipinski definition) is 4. The fourth-order valence-electron chi connectivity index (χ4n) is 3.08. The molecule has 1 fully saturated rings. The summed E-state index contributed by atoms with van der Waals surface area (Å²) in [6.45, 7) is 1.34. The number of carbonyl (C=O) groups is 1. The van der Waals surface area contributed by atoms with Crippen LogP contribution in [0.25, 0.3) is 10.9 Å². The quantitative estimate of drug-likeness (QED) is 0.938. The van der Waals surface area contributed by atoms with Gasteiger partial charge in [0.1, 0.15) is 17.2 Å². The Morgan fingerprint density at radius 3 is 2.70 bits per heavy atom. The molecule has 3 rings (SSSR count). The average Bonchev–Trinajstić information content (AvgIpc) is 2.93. The van der Waals surface area contributed by atoms with Crippen molar-refractivity contribution in [2.45, 2.75) is 18.9 Å². The van der Waals surface area contributed by atoms with Crippen LogP contribution in [0.5, 0.6) is 11.5 Å². The summed E-state index contributed by atoms with van der Waals surface area (Å²) in [5.41, 5.74) is 1.42. The van der Waals surface area contributed by atoms with Gasteiger partial charge in [-0.05, 0) is 31.0 Å². The highest BCUT2D eigenvalue weighted by atomic mass is 16.5. The highest BCUT2D eigenvalue weighted by Crippen LogP contribution is 2.35. The molecule has 0 radical (unpaired) electrons. The third-order valence-electron chi connectivity index (χ3n) is 4.29. The monoisotopic (exact) mass is 318 g/mol. The Kier molecular flexibility index (Phi) is 4.43. The first kappa shape index (κ1) is 15.7. The molecule has 1 aromatic carbocycles. The number of nitrogens with zero attached hydrogens (tertiary/aromatic N) is 1. The summed E-state index contributed by atoms with van der Waals surface area (Å²) < 4.78 is 18.1. The summed E-state index contributed by atoms with van der Waals surface area (Å²) in [5, 5.41) is 3.91. The van der Waals surface area contributed by atoms with Crippen molar-refractivity contribution in [3.8, 4) is 11.5 Å². The number of carbonyl (C=O) groups excluding carboxylic acids is 1. The van der Waals surface area contributed by atoms with Crippen molar-refractivity contribution in [1.82, 2.24) is 9.88 Å². The maximum Gasteiger partial charge on any atom is 0.268 e. The molecule has 1 saturated heterocycles. The van der Waals surface area contributed by atoms with E-state index in [9.17, 15) is 4.79 Å². The minimum Gasteiger partial charge on any atom is -0.496 e. The number of benzene rings is 1. The van der Waals surface area contributed by atoms with Gasteiger partial charge in [0, 0.05) is 19.0 Å². The lowest BCUT2D eigenvalue weighted by atomic mass is 10.1. The van der Waals surface area contributed by atoms with Gasteiger partial charge in [0.2, 0.25) is 0 Å². The van der Waals surface area contributed by atoms with E-state index in [-0.39, 0.29) is 11.9 Å². The van der Waals surface area contributed by atoms with Crippen LogP contribution in [0.3, 0.4) is 0 Å². The zero-order chi connectivity index (χ0) is 16.4. The molecule has 1 aromatic heterocycles. The number of fused-ring (bicyclic) bond motifs is 1. The Morgan fingerprint density at radius 2 is 2.04 bits per heavy atom. The molecule has 1 atom stereocenters. The number of aromatic nitrogens is 1. The number of hydrogen-bond donors (Lipinski definition) is 1. The molecule has 0 aliphatic carbocycles. The summed E-state index contributed by atoms with van der Waals surface area (Å²) in [6, 6.07) is 5.60. The molecule has 124 valence electrons. The molecule has 23 heavy (non-hydrogen) atoms. The lowest BCUT2D eigenvalue weighted by Crippen LogP contribution is -2.41. The summed E-state index contributed by atoms with van der Waals surface area (Å²) >= 11 is 0. The maximum atomic E-state index is 12.6. The van der Waals surface area contributed by atoms with Gasteiger partial charge in [-0.2, -0.15) is 0 Å². The highest BCUT2D eigenvalue weighted by Gasteiger charge is 2.22. The van der Waals surface area contributed by atoms with E-state index in [2.05, 4.69) is 5.32 Å². The van der Waals surface area contributed by atoms with Crippen LogP contribution >= 0.6 is 0 Å². The molecule has 0 bridgehead atoms. The minimum absolute atomic E-state index is 0.0676. The van der Waals surface area contributed by atoms with Gasteiger partial charge in [0.25, 0.3) is 5.91 Å². The Morgan fingerprint density at radius 1 is 1.30 bits per heavy atom. The van der Waals surface area contributed by atoms with E-state index in [4.69, 9.17) is 14.2 Å². The van der Waals surface area contributed by atoms with Crippen LogP contribution < -0.4 is 14.8 Å². The molecule has 6 nitrogen and oxygen atoms in total. The normalized spacial score (nSPS) is 18.0. The van der Waals surface area contributed by atoms with Gasteiger partial charge in [-0.3, -0.25) is 4.79 Å². The van der Waals surface area contributed by atoms with Crippen molar-refractivity contribution in [2.24, 2.45) is 7.05 Å². The Bertz CT molecular complexity index is 717. The van der Waals surface area contributed by atoms with Gasteiger partial charge in [-0.15, -0.1) is 0 Å². The fourth-order valence-corrected chi connectivity index (χ4v) is 3.08. The van der Waals surface area contributed by atoms with Crippen LogP contribution in [0.4, 0.5) is 0 Å². The molecular weight excluding hydrogens is 296 g/mol. The van der Waals surface area contributed by atoms with Crippen LogP contribution in [-0.2, 0) is 11.8 Å². The third-order valence-corrected chi connectivity index (χ3v) is 4.29. The third kappa shape index (κ3) is 2.86. The van der Waals surface area contributed by atoms with Crippen LogP contribution in [-0.4, -0.2) is 43.9 Å². The number of methoxy groups -OCH3 is 2. The summed E-state index contributed by atoms with van der Waals surface area (Å²) in [7, 11) is 5.09. The van der Waals surface area contributed by atoms with Gasteiger partial charge in [-0.1, -0.05) is 0 Å². The standard InChI is InChI=1S/C17H22N2O4/c1-19-13(17(20)18-11-5-4-8-23-10-11)9-12-14(21-2)6-7-15(22-3)16(12)19/h6-7,9,11H,4-5,8,10H2,1-3H3,(H,18,20)/t11-/m1/s1. The summed E-state index contributed by atoms with van der Waals surface area (Å²) in [5.74, 6) is 1.32. The van der Waals surface area contributed by atoms with E-state index in [1.165, 1.54) is 0 Å². The molecule has 6 heteroatoms. The van der Waals surface area contributed by atoms with Crippen molar-refractivity contribution in [3.63, 3.8) is 0 Å². The summed E-state index contributed by atoms with van der Waals surface area (Å²) in [4.78, 5) is 12.6. The van der Waals surface area contributed by atoms with Gasteiger partial charge >= 0.3 is 0 Å². The number of nitrogens with one attached hydrogen (secondary N) is 1. The highest BCUT2D eigenvalue weighted by molar-refractivity contribution is 6.02. The Balaban J connectivity index is 1.97. The first-order valence-corrected chi connectivity index (χ1v) is 7.74. The van der Waals surface area contributed by atoms with E-state index in [0.29, 0.717) is 18.1 Å². The molecule has 0 spiro atoms. The largest absolute Gasteiger partial charge is 0.496 e. The SMILES string of the molecule is COc1ccc(OC)c2c1cc(C(=O)N[C@@H]1CCCOC1)n2C. The lowest BCUT2D eigenvalue weighted by molar-refractivity contribution is 0.0620. The molecule has 2 heterocycles. The molecule has 1 N–H and O–H groups in total. The number of rotatable bonds is 4. The maximum absolute atomic E-state index is 12.6. The second-order valence-corrected chi connectivity index (χ2v) is 5.71. The zero-order valence-electron chi connectivity index (χ0n) is 13.7. The van der Waals surface area contributed by atoms with Crippen molar-refractivity contribution in [3.05, 3.63) is 23.9 Å². The van der Waals surface area contributed by atoms with Crippen molar-refractivity contribution < 1.29 is 19.0 Å². The van der Waals surface area contributed by atoms with Gasteiger partial charge in [-0.25, -0.2) is 0 Å². The van der Waals surface area contributed by atoms with Gasteiger partial charge in [0.15, 0.2) is 0 Å². The van der Waals surface area contributed by atoms with Crippen LogP contribution in [0, 0.1) is 0 Å². The van der Waals surface area contributed by atoms with Gasteiger partial charge in [0.05, 0.1) is 32.4 Å². The minimum atomic E-state index is -0.108. The molecule has 2 aromatic rings. The Labute approximate surface area is 135 Å². The summed E-state index contributed by atoms with van der Waals surface area (Å²) in [6.07, 6.45) is 1.92. The molecule has 1 aliphatic heterocycles. The first-order valence-electron chi connectivity index (χ1n) is 7.74. The Hall–Kier alpha value is -2.21. The predicted octanol–water partition coefficient (Wildman–Crippen LogP) is 2.10. The molecule has 0 unspecified atom stereocenters. The van der Waals surface area contributed by atoms with Crippen molar-refractivity contribution >= 4 is 16.8 Å². The van der Waals surface area contributed by atoms with E-state index in [0.717, 1.165) is 36.1 Å². The fraction of sp³-hybridized carbons (Fsp3) is 0.471. The molecule has 1 aliphatic rings. The van der Waals surface area contributed by atoms with E-state index in [1.54, 1.807) is 14.2 Å².